The van der Waals surface area contributed by atoms with Crippen molar-refractivity contribution in [2.45, 2.75) is 0 Å². The minimum absolute atomic E-state index is 0.109. The lowest BCUT2D eigenvalue weighted by Crippen LogP contribution is -2.18. The number of thiocyanates is 1. The van der Waals surface area contributed by atoms with Crippen molar-refractivity contribution in [3.8, 4) is 5.40 Å². The van der Waals surface area contributed by atoms with Gasteiger partial charge in [-0.2, -0.15) is 5.26 Å². The van der Waals surface area contributed by atoms with Gasteiger partial charge in [-0.15, -0.1) is 0 Å². The Kier molecular flexibility index (Phi) is 4.42. The van der Waals surface area contributed by atoms with Crippen LogP contribution in [0.2, 0.25) is 0 Å². The normalized spacial score (nSPS) is 9.30. The molecule has 0 rings (SSSR count). The van der Waals surface area contributed by atoms with Gasteiger partial charge in [0.05, 0.1) is 0 Å². The zero-order chi connectivity index (χ0) is 7.98. The molecule has 0 aliphatic carbocycles. The predicted molar refractivity (Wildman–Crippen MR) is 41.0 cm³/mol. The summed E-state index contributed by atoms with van der Waals surface area (Å²) in [6, 6.07) is 0. The second-order valence-corrected chi connectivity index (χ2v) is 2.43. The molecule has 0 N–H and O–H groups in total. The smallest absolute Gasteiger partial charge is 0.246 e. The van der Waals surface area contributed by atoms with Gasteiger partial charge in [0.15, 0.2) is 0 Å². The summed E-state index contributed by atoms with van der Waals surface area (Å²) >= 11 is 0.931. The maximum atomic E-state index is 10.7. The van der Waals surface area contributed by atoms with Gasteiger partial charge in [0.2, 0.25) is 5.91 Å². The van der Waals surface area contributed by atoms with Crippen LogP contribution in [0.1, 0.15) is 0 Å². The number of hydrogen-bond donors (Lipinski definition) is 0. The van der Waals surface area contributed by atoms with Gasteiger partial charge in [-0.3, -0.25) is 4.79 Å². The molecule has 0 atom stereocenters. The van der Waals surface area contributed by atoms with E-state index in [9.17, 15) is 4.79 Å². The summed E-state index contributed by atoms with van der Waals surface area (Å²) in [7, 11) is 3.31. The molecule has 0 aromatic carbocycles. The van der Waals surface area contributed by atoms with E-state index in [1.54, 1.807) is 14.1 Å². The summed E-state index contributed by atoms with van der Waals surface area (Å²) in [5.74, 6) is -0.109. The van der Waals surface area contributed by atoms with Crippen LogP contribution in [0.5, 0.6) is 0 Å². The van der Waals surface area contributed by atoms with Crippen LogP contribution in [0.15, 0.2) is 11.5 Å². The molecule has 10 heavy (non-hydrogen) atoms. The molecule has 54 valence electrons. The van der Waals surface area contributed by atoms with E-state index in [2.05, 4.69) is 0 Å². The quantitative estimate of drug-likeness (QED) is 0.439. The van der Waals surface area contributed by atoms with Crippen molar-refractivity contribution in [1.82, 2.24) is 4.90 Å². The standard InChI is InChI=1S/C6H8N2OS/c1-8(2)6(9)3-4-10-5-7/h3-4H,1-2H3/b4-3+. The third-order valence-corrected chi connectivity index (χ3v) is 1.15. The Labute approximate surface area is 64.3 Å². The summed E-state index contributed by atoms with van der Waals surface area (Å²) in [6.45, 7) is 0. The maximum absolute atomic E-state index is 10.7. The highest BCUT2D eigenvalue weighted by atomic mass is 32.2. The molecule has 0 aliphatic rings. The molecule has 0 aromatic heterocycles. The van der Waals surface area contributed by atoms with Crippen LogP contribution in [-0.2, 0) is 4.79 Å². The number of nitriles is 1. The molecule has 0 fully saturated rings. The third kappa shape index (κ3) is 3.98. The summed E-state index contributed by atoms with van der Waals surface area (Å²) < 4.78 is 0. The Balaban J connectivity index is 3.70. The van der Waals surface area contributed by atoms with Gasteiger partial charge in [0.25, 0.3) is 0 Å². The van der Waals surface area contributed by atoms with Crippen LogP contribution in [0.3, 0.4) is 0 Å². The average Bonchev–Trinajstić information content (AvgIpc) is 1.88. The minimum Gasteiger partial charge on any atom is -0.345 e. The largest absolute Gasteiger partial charge is 0.345 e. The molecule has 3 nitrogen and oxygen atoms in total. The molecule has 4 heteroatoms. The first-order valence-corrected chi connectivity index (χ1v) is 3.49. The van der Waals surface area contributed by atoms with Crippen molar-refractivity contribution in [2.75, 3.05) is 14.1 Å². The van der Waals surface area contributed by atoms with Gasteiger partial charge < -0.3 is 4.90 Å². The number of likely N-dealkylation sites (N-methyl/N-ethyl adjacent to an activating group) is 1. The molecule has 0 unspecified atom stereocenters. The van der Waals surface area contributed by atoms with E-state index in [1.807, 2.05) is 5.40 Å². The van der Waals surface area contributed by atoms with E-state index in [0.717, 1.165) is 11.8 Å². The molecular weight excluding hydrogens is 148 g/mol. The van der Waals surface area contributed by atoms with Crippen molar-refractivity contribution in [2.24, 2.45) is 0 Å². The summed E-state index contributed by atoms with van der Waals surface area (Å²) in [5, 5.41) is 11.3. The van der Waals surface area contributed by atoms with Crippen molar-refractivity contribution in [3.63, 3.8) is 0 Å². The van der Waals surface area contributed by atoms with Gasteiger partial charge in [0, 0.05) is 20.2 Å². The third-order valence-electron chi connectivity index (χ3n) is 0.772. The molecule has 0 radical (unpaired) electrons. The SMILES string of the molecule is CN(C)C(=O)/C=C/SC#N. The highest BCUT2D eigenvalue weighted by Gasteiger charge is 1.94. The van der Waals surface area contributed by atoms with Gasteiger partial charge in [-0.05, 0) is 17.2 Å². The zero-order valence-corrected chi connectivity index (χ0v) is 6.68. The second-order valence-electron chi connectivity index (χ2n) is 1.74. The highest BCUT2D eigenvalue weighted by Crippen LogP contribution is 1.97. The van der Waals surface area contributed by atoms with E-state index in [4.69, 9.17) is 5.26 Å². The second kappa shape index (κ2) is 4.89. The Morgan fingerprint density at radius 1 is 1.70 bits per heavy atom. The molecule has 0 saturated heterocycles. The lowest BCUT2D eigenvalue weighted by Gasteiger charge is -2.03. The first-order chi connectivity index (χ1) is 4.68. The number of amides is 1. The van der Waals surface area contributed by atoms with Crippen LogP contribution in [0.25, 0.3) is 0 Å². The summed E-state index contributed by atoms with van der Waals surface area (Å²) in [6.07, 6.45) is 1.36. The molecule has 0 aromatic rings. The fourth-order valence-corrected chi connectivity index (χ4v) is 0.517. The first-order valence-electron chi connectivity index (χ1n) is 2.61. The van der Waals surface area contributed by atoms with Crippen LogP contribution in [0.4, 0.5) is 0 Å². The van der Waals surface area contributed by atoms with E-state index in [-0.39, 0.29) is 5.91 Å². The molecule has 0 bridgehead atoms. The number of hydrogen-bond acceptors (Lipinski definition) is 3. The van der Waals surface area contributed by atoms with E-state index >= 15 is 0 Å². The number of carbonyl (C=O) groups excluding carboxylic acids is 1. The summed E-state index contributed by atoms with van der Waals surface area (Å²) in [4.78, 5) is 12.2. The molecule has 0 aliphatic heterocycles. The van der Waals surface area contributed by atoms with E-state index in [0.29, 0.717) is 0 Å². The van der Waals surface area contributed by atoms with Crippen LogP contribution >= 0.6 is 11.8 Å². The van der Waals surface area contributed by atoms with Crippen molar-refractivity contribution in [3.05, 3.63) is 11.5 Å². The van der Waals surface area contributed by atoms with Gasteiger partial charge in [-0.1, -0.05) is 0 Å². The Morgan fingerprint density at radius 3 is 2.70 bits per heavy atom. The van der Waals surface area contributed by atoms with Crippen LogP contribution < -0.4 is 0 Å². The molecular formula is C6H8N2OS. The Hall–Kier alpha value is -0.950. The van der Waals surface area contributed by atoms with Gasteiger partial charge in [-0.25, -0.2) is 0 Å². The maximum Gasteiger partial charge on any atom is 0.246 e. The van der Waals surface area contributed by atoms with Crippen molar-refractivity contribution >= 4 is 17.7 Å². The van der Waals surface area contributed by atoms with Crippen LogP contribution in [0, 0.1) is 10.7 Å². The monoisotopic (exact) mass is 156 g/mol. The molecule has 0 heterocycles. The first kappa shape index (κ1) is 9.05. The summed E-state index contributed by atoms with van der Waals surface area (Å²) in [5.41, 5.74) is 0. The Bertz CT molecular complexity index is 181. The molecule has 0 saturated carbocycles. The van der Waals surface area contributed by atoms with E-state index in [1.165, 1.54) is 16.4 Å². The Morgan fingerprint density at radius 2 is 2.30 bits per heavy atom. The number of rotatable bonds is 2. The number of carbonyl (C=O) groups is 1. The fraction of sp³-hybridized carbons (Fsp3) is 0.333. The van der Waals surface area contributed by atoms with E-state index < -0.39 is 0 Å². The minimum atomic E-state index is -0.109. The fourth-order valence-electron chi connectivity index (χ4n) is 0.272. The zero-order valence-electron chi connectivity index (χ0n) is 5.87. The number of thioether (sulfide) groups is 1. The average molecular weight is 156 g/mol. The highest BCUT2D eigenvalue weighted by molar-refractivity contribution is 8.06. The molecule has 0 spiro atoms. The van der Waals surface area contributed by atoms with Gasteiger partial charge in [0.1, 0.15) is 5.40 Å². The van der Waals surface area contributed by atoms with Gasteiger partial charge >= 0.3 is 0 Å². The lowest BCUT2D eigenvalue weighted by atomic mass is 10.5. The predicted octanol–water partition coefficient (Wildman–Crippen LogP) is 0.803. The number of nitrogens with zero attached hydrogens (tertiary/aromatic N) is 2. The van der Waals surface area contributed by atoms with Crippen molar-refractivity contribution in [1.29, 1.82) is 5.26 Å². The van der Waals surface area contributed by atoms with Crippen LogP contribution in [-0.4, -0.2) is 24.9 Å². The van der Waals surface area contributed by atoms with Crippen molar-refractivity contribution < 1.29 is 4.79 Å². The lowest BCUT2D eigenvalue weighted by molar-refractivity contribution is -0.123. The molecule has 1 amide bonds. The topological polar surface area (TPSA) is 44.1 Å².